The molecule has 4 nitrogen and oxygen atoms in total. The summed E-state index contributed by atoms with van der Waals surface area (Å²) in [6, 6.07) is 17.4. The van der Waals surface area contributed by atoms with E-state index in [9.17, 15) is 4.79 Å². The van der Waals surface area contributed by atoms with Gasteiger partial charge in [-0.1, -0.05) is 36.4 Å². The van der Waals surface area contributed by atoms with E-state index in [1.807, 2.05) is 13.1 Å². The fourth-order valence-corrected chi connectivity index (χ4v) is 4.00. The van der Waals surface area contributed by atoms with Crippen molar-refractivity contribution in [2.75, 3.05) is 13.1 Å². The van der Waals surface area contributed by atoms with E-state index < -0.39 is 6.09 Å². The lowest BCUT2D eigenvalue weighted by Crippen LogP contribution is -2.37. The molecule has 27 heavy (non-hydrogen) atoms. The zero-order valence-electron chi connectivity index (χ0n) is 15.6. The molecule has 0 saturated carbocycles. The molecule has 0 bridgehead atoms. The van der Waals surface area contributed by atoms with E-state index >= 15 is 0 Å². The molecule has 0 aliphatic carbocycles. The van der Waals surface area contributed by atoms with Gasteiger partial charge in [-0.25, -0.2) is 4.79 Å². The molecule has 1 aliphatic heterocycles. The van der Waals surface area contributed by atoms with Crippen molar-refractivity contribution >= 4 is 16.9 Å². The summed E-state index contributed by atoms with van der Waals surface area (Å²) in [5, 5.41) is 11.5. The number of aryl methyl sites for hydroxylation is 1. The fraction of sp³-hybridized carbons (Fsp3) is 0.304. The number of piperidine rings is 1. The van der Waals surface area contributed by atoms with Crippen LogP contribution in [-0.2, 0) is 6.42 Å². The van der Waals surface area contributed by atoms with Crippen LogP contribution < -0.4 is 0 Å². The third kappa shape index (κ3) is 3.80. The van der Waals surface area contributed by atoms with Crippen LogP contribution in [0.15, 0.2) is 54.7 Å². The van der Waals surface area contributed by atoms with Crippen LogP contribution in [0.2, 0.25) is 0 Å². The number of hydrogen-bond donors (Lipinski definition) is 1. The summed E-state index contributed by atoms with van der Waals surface area (Å²) in [7, 11) is 0. The Balaban J connectivity index is 1.46. The van der Waals surface area contributed by atoms with E-state index in [-0.39, 0.29) is 0 Å². The minimum atomic E-state index is -0.792. The van der Waals surface area contributed by atoms with Gasteiger partial charge in [0.25, 0.3) is 0 Å². The number of likely N-dealkylation sites (tertiary alicyclic amines) is 1. The molecular formula is C23H24N2O2. The van der Waals surface area contributed by atoms with Crippen molar-refractivity contribution in [3.05, 3.63) is 66.0 Å². The zero-order valence-corrected chi connectivity index (χ0v) is 15.6. The molecule has 0 radical (unpaired) electrons. The van der Waals surface area contributed by atoms with E-state index in [0.717, 1.165) is 25.0 Å². The monoisotopic (exact) mass is 360 g/mol. The molecule has 1 aromatic heterocycles. The Kier molecular flexibility index (Phi) is 4.80. The van der Waals surface area contributed by atoms with Crippen LogP contribution >= 0.6 is 0 Å². The topological polar surface area (TPSA) is 53.4 Å². The summed E-state index contributed by atoms with van der Waals surface area (Å²) in [5.41, 5.74) is 4.82. The number of pyridine rings is 1. The maximum absolute atomic E-state index is 11.0. The molecule has 0 atom stereocenters. The Morgan fingerprint density at radius 3 is 2.48 bits per heavy atom. The van der Waals surface area contributed by atoms with Gasteiger partial charge in [-0.15, -0.1) is 0 Å². The smallest absolute Gasteiger partial charge is 0.407 e. The largest absolute Gasteiger partial charge is 0.465 e. The Bertz CT molecular complexity index is 958. The third-order valence-corrected chi connectivity index (χ3v) is 5.66. The van der Waals surface area contributed by atoms with Gasteiger partial charge >= 0.3 is 6.09 Å². The highest BCUT2D eigenvalue weighted by molar-refractivity contribution is 5.88. The van der Waals surface area contributed by atoms with Crippen LogP contribution in [0.5, 0.6) is 0 Å². The number of benzene rings is 2. The first kappa shape index (κ1) is 17.5. The average molecular weight is 360 g/mol. The molecule has 1 fully saturated rings. The van der Waals surface area contributed by atoms with Crippen molar-refractivity contribution in [3.8, 4) is 11.1 Å². The molecule has 1 aliphatic rings. The van der Waals surface area contributed by atoms with Gasteiger partial charge < -0.3 is 10.0 Å². The van der Waals surface area contributed by atoms with Crippen LogP contribution in [0.1, 0.15) is 24.1 Å². The zero-order chi connectivity index (χ0) is 18.8. The van der Waals surface area contributed by atoms with E-state index in [4.69, 9.17) is 5.11 Å². The quantitative estimate of drug-likeness (QED) is 0.703. The van der Waals surface area contributed by atoms with Gasteiger partial charge in [0.15, 0.2) is 0 Å². The average Bonchev–Trinajstić information content (AvgIpc) is 2.69. The molecular weight excluding hydrogens is 336 g/mol. The summed E-state index contributed by atoms with van der Waals surface area (Å²) in [5.74, 6) is 0.572. The molecule has 1 amide bonds. The van der Waals surface area contributed by atoms with Crippen LogP contribution in [0.4, 0.5) is 4.79 Å². The van der Waals surface area contributed by atoms with Gasteiger partial charge in [0.05, 0.1) is 0 Å². The van der Waals surface area contributed by atoms with Crippen molar-refractivity contribution in [2.24, 2.45) is 5.92 Å². The number of hydrogen-bond acceptors (Lipinski definition) is 2. The molecule has 2 heterocycles. The van der Waals surface area contributed by atoms with Crippen molar-refractivity contribution < 1.29 is 9.90 Å². The van der Waals surface area contributed by atoms with E-state index in [1.54, 1.807) is 0 Å². The first-order valence-corrected chi connectivity index (χ1v) is 9.53. The Morgan fingerprint density at radius 2 is 1.78 bits per heavy atom. The fourth-order valence-electron chi connectivity index (χ4n) is 4.00. The number of nitrogens with zero attached hydrogens (tertiary/aromatic N) is 2. The van der Waals surface area contributed by atoms with Gasteiger partial charge in [0, 0.05) is 30.4 Å². The van der Waals surface area contributed by atoms with E-state index in [2.05, 4.69) is 53.5 Å². The number of amides is 1. The lowest BCUT2D eigenvalue weighted by Gasteiger charge is -2.30. The Labute approximate surface area is 159 Å². The highest BCUT2D eigenvalue weighted by Crippen LogP contribution is 2.27. The van der Waals surface area contributed by atoms with Crippen LogP contribution in [-0.4, -0.2) is 34.2 Å². The number of carboxylic acid groups (broad SMARTS) is 1. The van der Waals surface area contributed by atoms with Gasteiger partial charge in [-0.2, -0.15) is 0 Å². The van der Waals surface area contributed by atoms with Gasteiger partial charge in [-0.3, -0.25) is 4.98 Å². The van der Waals surface area contributed by atoms with E-state index in [1.165, 1.54) is 32.4 Å². The van der Waals surface area contributed by atoms with Gasteiger partial charge in [0.1, 0.15) is 0 Å². The van der Waals surface area contributed by atoms with Crippen LogP contribution in [0.25, 0.3) is 21.9 Å². The van der Waals surface area contributed by atoms with Crippen LogP contribution in [0.3, 0.4) is 0 Å². The van der Waals surface area contributed by atoms with Gasteiger partial charge in [0.2, 0.25) is 0 Å². The molecule has 1 saturated heterocycles. The standard InChI is InChI=1S/C23H24N2O2/c1-16-22-7-6-20(15-21(22)8-11-24-16)19-4-2-17(3-5-19)14-18-9-12-25(13-10-18)23(26)27/h2-8,11,15,18H,9-10,12-14H2,1H3,(H,26,27). The second-order valence-electron chi connectivity index (χ2n) is 7.45. The SMILES string of the molecule is Cc1nccc2cc(-c3ccc(CC4CCN(C(=O)O)CC4)cc3)ccc12. The minimum Gasteiger partial charge on any atom is -0.465 e. The second-order valence-corrected chi connectivity index (χ2v) is 7.45. The minimum absolute atomic E-state index is 0.572. The molecule has 0 spiro atoms. The molecule has 1 N–H and O–H groups in total. The number of fused-ring (bicyclic) bond motifs is 1. The maximum Gasteiger partial charge on any atom is 0.407 e. The predicted octanol–water partition coefficient (Wildman–Crippen LogP) is 5.14. The predicted molar refractivity (Wildman–Crippen MR) is 108 cm³/mol. The van der Waals surface area contributed by atoms with Crippen molar-refractivity contribution in [1.82, 2.24) is 9.88 Å². The van der Waals surface area contributed by atoms with Crippen molar-refractivity contribution in [2.45, 2.75) is 26.2 Å². The number of aromatic nitrogens is 1. The molecule has 3 aromatic rings. The van der Waals surface area contributed by atoms with Crippen LogP contribution in [0, 0.1) is 12.8 Å². The maximum atomic E-state index is 11.0. The second kappa shape index (κ2) is 7.39. The van der Waals surface area contributed by atoms with Crippen molar-refractivity contribution in [1.29, 1.82) is 0 Å². The first-order chi connectivity index (χ1) is 13.1. The molecule has 2 aromatic carbocycles. The highest BCUT2D eigenvalue weighted by atomic mass is 16.4. The highest BCUT2D eigenvalue weighted by Gasteiger charge is 2.22. The summed E-state index contributed by atoms with van der Waals surface area (Å²) in [6.45, 7) is 3.35. The lowest BCUT2D eigenvalue weighted by molar-refractivity contribution is 0.124. The Morgan fingerprint density at radius 1 is 1.07 bits per heavy atom. The van der Waals surface area contributed by atoms with Crippen molar-refractivity contribution in [3.63, 3.8) is 0 Å². The summed E-state index contributed by atoms with van der Waals surface area (Å²) in [6.07, 6.45) is 3.99. The summed E-state index contributed by atoms with van der Waals surface area (Å²) < 4.78 is 0. The third-order valence-electron chi connectivity index (χ3n) is 5.66. The summed E-state index contributed by atoms with van der Waals surface area (Å²) >= 11 is 0. The molecule has 138 valence electrons. The van der Waals surface area contributed by atoms with E-state index in [0.29, 0.717) is 19.0 Å². The molecule has 4 rings (SSSR count). The number of rotatable bonds is 3. The first-order valence-electron chi connectivity index (χ1n) is 9.53. The molecule has 0 unspecified atom stereocenters. The Hall–Kier alpha value is -2.88. The van der Waals surface area contributed by atoms with Gasteiger partial charge in [-0.05, 0) is 66.3 Å². The molecule has 4 heteroatoms. The lowest BCUT2D eigenvalue weighted by atomic mass is 9.89. The number of carbonyl (C=O) groups is 1. The normalized spacial score (nSPS) is 15.2. The summed E-state index contributed by atoms with van der Waals surface area (Å²) in [4.78, 5) is 16.9.